The minimum absolute atomic E-state index is 0.122. The Morgan fingerprint density at radius 2 is 2.10 bits per heavy atom. The third-order valence-electron chi connectivity index (χ3n) is 3.18. The zero-order valence-corrected chi connectivity index (χ0v) is 11.4. The number of methoxy groups -OCH3 is 1. The molecular formula is C14H18N2O4. The summed E-state index contributed by atoms with van der Waals surface area (Å²) in [5.74, 6) is -0.665. The van der Waals surface area contributed by atoms with E-state index in [0.29, 0.717) is 25.3 Å². The second-order valence-electron chi connectivity index (χ2n) is 4.64. The van der Waals surface area contributed by atoms with Gasteiger partial charge in [-0.15, -0.1) is 0 Å². The SMILES string of the molecule is COCc1ccc(C(=O)N2CCOC(C(N)=O)C2)cc1. The van der Waals surface area contributed by atoms with Gasteiger partial charge in [-0.25, -0.2) is 0 Å². The number of ether oxygens (including phenoxy) is 2. The smallest absolute Gasteiger partial charge is 0.254 e. The van der Waals surface area contributed by atoms with Crippen molar-refractivity contribution in [2.45, 2.75) is 12.7 Å². The molecule has 0 saturated carbocycles. The molecule has 6 nitrogen and oxygen atoms in total. The summed E-state index contributed by atoms with van der Waals surface area (Å²) < 4.78 is 10.2. The second kappa shape index (κ2) is 6.49. The summed E-state index contributed by atoms with van der Waals surface area (Å²) in [5.41, 5.74) is 6.79. The molecule has 6 heteroatoms. The van der Waals surface area contributed by atoms with Crippen LogP contribution in [0.2, 0.25) is 0 Å². The van der Waals surface area contributed by atoms with Gasteiger partial charge in [-0.2, -0.15) is 0 Å². The highest BCUT2D eigenvalue weighted by Crippen LogP contribution is 2.12. The third kappa shape index (κ3) is 3.34. The largest absolute Gasteiger partial charge is 0.380 e. The van der Waals surface area contributed by atoms with Gasteiger partial charge in [-0.1, -0.05) is 12.1 Å². The molecule has 1 aliphatic heterocycles. The number of carbonyl (C=O) groups is 2. The molecule has 2 rings (SSSR count). The number of benzene rings is 1. The monoisotopic (exact) mass is 278 g/mol. The van der Waals surface area contributed by atoms with Crippen LogP contribution >= 0.6 is 0 Å². The Labute approximate surface area is 117 Å². The molecule has 0 aromatic heterocycles. The molecule has 1 heterocycles. The van der Waals surface area contributed by atoms with Crippen LogP contribution in [0, 0.1) is 0 Å². The van der Waals surface area contributed by atoms with Crippen LogP contribution in [-0.4, -0.2) is 49.6 Å². The lowest BCUT2D eigenvalue weighted by molar-refractivity contribution is -0.133. The lowest BCUT2D eigenvalue weighted by atomic mass is 10.1. The third-order valence-corrected chi connectivity index (χ3v) is 3.18. The van der Waals surface area contributed by atoms with Gasteiger partial charge in [0.2, 0.25) is 5.91 Å². The molecular weight excluding hydrogens is 260 g/mol. The van der Waals surface area contributed by atoms with E-state index in [2.05, 4.69) is 0 Å². The van der Waals surface area contributed by atoms with Crippen molar-refractivity contribution in [3.63, 3.8) is 0 Å². The van der Waals surface area contributed by atoms with Crippen molar-refractivity contribution in [2.75, 3.05) is 26.8 Å². The quantitative estimate of drug-likeness (QED) is 0.850. The summed E-state index contributed by atoms with van der Waals surface area (Å²) in [5, 5.41) is 0. The minimum Gasteiger partial charge on any atom is -0.380 e. The zero-order valence-electron chi connectivity index (χ0n) is 11.4. The van der Waals surface area contributed by atoms with E-state index in [0.717, 1.165) is 5.56 Å². The number of carbonyl (C=O) groups excluding carboxylic acids is 2. The van der Waals surface area contributed by atoms with E-state index >= 15 is 0 Å². The van der Waals surface area contributed by atoms with Crippen molar-refractivity contribution >= 4 is 11.8 Å². The van der Waals surface area contributed by atoms with Crippen LogP contribution in [0.4, 0.5) is 0 Å². The van der Waals surface area contributed by atoms with Crippen LogP contribution in [0.15, 0.2) is 24.3 Å². The van der Waals surface area contributed by atoms with Crippen LogP contribution in [-0.2, 0) is 20.9 Å². The van der Waals surface area contributed by atoms with Gasteiger partial charge in [0.15, 0.2) is 6.10 Å². The number of hydrogen-bond acceptors (Lipinski definition) is 4. The zero-order chi connectivity index (χ0) is 14.5. The molecule has 1 saturated heterocycles. The van der Waals surface area contributed by atoms with Crippen molar-refractivity contribution in [3.05, 3.63) is 35.4 Å². The van der Waals surface area contributed by atoms with E-state index in [1.165, 1.54) is 0 Å². The summed E-state index contributed by atoms with van der Waals surface area (Å²) in [6.07, 6.45) is -0.722. The maximum absolute atomic E-state index is 12.3. The number of rotatable bonds is 4. The van der Waals surface area contributed by atoms with Gasteiger partial charge >= 0.3 is 0 Å². The Morgan fingerprint density at radius 3 is 2.70 bits per heavy atom. The highest BCUT2D eigenvalue weighted by atomic mass is 16.5. The van der Waals surface area contributed by atoms with Crippen molar-refractivity contribution in [1.29, 1.82) is 0 Å². The molecule has 1 fully saturated rings. The molecule has 0 spiro atoms. The summed E-state index contributed by atoms with van der Waals surface area (Å²) in [6.45, 7) is 1.49. The van der Waals surface area contributed by atoms with Crippen LogP contribution in [0.5, 0.6) is 0 Å². The maximum Gasteiger partial charge on any atom is 0.254 e. The first kappa shape index (κ1) is 14.5. The van der Waals surface area contributed by atoms with Gasteiger partial charge in [-0.3, -0.25) is 9.59 Å². The van der Waals surface area contributed by atoms with E-state index < -0.39 is 12.0 Å². The Morgan fingerprint density at radius 1 is 1.40 bits per heavy atom. The van der Waals surface area contributed by atoms with E-state index in [-0.39, 0.29) is 12.5 Å². The molecule has 1 aromatic carbocycles. The van der Waals surface area contributed by atoms with E-state index in [9.17, 15) is 9.59 Å². The Balaban J connectivity index is 2.04. The highest BCUT2D eigenvalue weighted by Gasteiger charge is 2.28. The molecule has 0 aliphatic carbocycles. The van der Waals surface area contributed by atoms with Crippen molar-refractivity contribution < 1.29 is 19.1 Å². The summed E-state index contributed by atoms with van der Waals surface area (Å²) >= 11 is 0. The van der Waals surface area contributed by atoms with Crippen molar-refractivity contribution in [2.24, 2.45) is 5.73 Å². The molecule has 1 aliphatic rings. The van der Waals surface area contributed by atoms with Gasteiger partial charge in [0.1, 0.15) is 0 Å². The van der Waals surface area contributed by atoms with Gasteiger partial charge in [0, 0.05) is 19.2 Å². The molecule has 0 radical (unpaired) electrons. The molecule has 1 atom stereocenters. The van der Waals surface area contributed by atoms with Crippen LogP contribution in [0.3, 0.4) is 0 Å². The molecule has 1 unspecified atom stereocenters. The summed E-state index contributed by atoms with van der Waals surface area (Å²) in [4.78, 5) is 25.0. The minimum atomic E-state index is -0.722. The fourth-order valence-corrected chi connectivity index (χ4v) is 2.10. The average molecular weight is 278 g/mol. The predicted octanol–water partition coefficient (Wildman–Crippen LogP) is 0.159. The first-order valence-electron chi connectivity index (χ1n) is 6.40. The number of nitrogens with zero attached hydrogens (tertiary/aromatic N) is 1. The van der Waals surface area contributed by atoms with Crippen LogP contribution < -0.4 is 5.73 Å². The fourth-order valence-electron chi connectivity index (χ4n) is 2.10. The molecule has 20 heavy (non-hydrogen) atoms. The molecule has 1 aromatic rings. The van der Waals surface area contributed by atoms with Crippen molar-refractivity contribution in [3.8, 4) is 0 Å². The first-order chi connectivity index (χ1) is 9.61. The number of morpholine rings is 1. The van der Waals surface area contributed by atoms with Gasteiger partial charge in [0.05, 0.1) is 19.8 Å². The topological polar surface area (TPSA) is 81.9 Å². The number of primary amides is 1. The predicted molar refractivity (Wildman–Crippen MR) is 72.0 cm³/mol. The highest BCUT2D eigenvalue weighted by molar-refractivity contribution is 5.94. The molecule has 2 amide bonds. The number of hydrogen-bond donors (Lipinski definition) is 1. The Bertz CT molecular complexity index is 486. The summed E-state index contributed by atoms with van der Waals surface area (Å²) in [6, 6.07) is 7.21. The fraction of sp³-hybridized carbons (Fsp3) is 0.429. The first-order valence-corrected chi connectivity index (χ1v) is 6.40. The van der Waals surface area contributed by atoms with Gasteiger partial charge in [-0.05, 0) is 17.7 Å². The molecule has 2 N–H and O–H groups in total. The van der Waals surface area contributed by atoms with Crippen LogP contribution in [0.25, 0.3) is 0 Å². The van der Waals surface area contributed by atoms with Gasteiger partial charge in [0.25, 0.3) is 5.91 Å². The van der Waals surface area contributed by atoms with E-state index in [1.807, 2.05) is 12.1 Å². The molecule has 0 bridgehead atoms. The number of amides is 2. The summed E-state index contributed by atoms with van der Waals surface area (Å²) in [7, 11) is 1.62. The van der Waals surface area contributed by atoms with E-state index in [1.54, 1.807) is 24.1 Å². The van der Waals surface area contributed by atoms with E-state index in [4.69, 9.17) is 15.2 Å². The lowest BCUT2D eigenvalue weighted by Gasteiger charge is -2.31. The normalized spacial score (nSPS) is 18.9. The van der Waals surface area contributed by atoms with Crippen LogP contribution in [0.1, 0.15) is 15.9 Å². The standard InChI is InChI=1S/C14H18N2O4/c1-19-9-10-2-4-11(5-3-10)14(18)16-6-7-20-12(8-16)13(15)17/h2-5,12H,6-9H2,1H3,(H2,15,17). The number of nitrogens with two attached hydrogens (primary N) is 1. The lowest BCUT2D eigenvalue weighted by Crippen LogP contribution is -2.50. The van der Waals surface area contributed by atoms with Gasteiger partial charge < -0.3 is 20.1 Å². The maximum atomic E-state index is 12.3. The second-order valence-corrected chi connectivity index (χ2v) is 4.64. The van der Waals surface area contributed by atoms with Crippen molar-refractivity contribution in [1.82, 2.24) is 4.90 Å². The molecule has 108 valence electrons. The average Bonchev–Trinajstić information content (AvgIpc) is 2.48. The Hall–Kier alpha value is -1.92. The Kier molecular flexibility index (Phi) is 4.70.